The lowest BCUT2D eigenvalue weighted by molar-refractivity contribution is 0.191. The Balaban J connectivity index is 2.69. The Kier molecular flexibility index (Phi) is 4.78. The van der Waals surface area contributed by atoms with E-state index in [2.05, 4.69) is 15.3 Å². The Morgan fingerprint density at radius 3 is 2.47 bits per heavy atom. The highest BCUT2D eigenvalue weighted by atomic mass is 35.5. The standard InChI is InChI=1S/C10H16ClN3O/c1-7-4-8(2)13-10(12-7)14-9(5-11)6-15-3/h4,9H,5-6H2,1-3H3,(H,12,13,14). The number of hydrogen-bond donors (Lipinski definition) is 1. The number of ether oxygens (including phenoxy) is 1. The number of rotatable bonds is 5. The second kappa shape index (κ2) is 5.88. The van der Waals surface area contributed by atoms with E-state index in [1.54, 1.807) is 7.11 Å². The summed E-state index contributed by atoms with van der Waals surface area (Å²) in [6.07, 6.45) is 0. The van der Waals surface area contributed by atoms with Crippen LogP contribution in [0.25, 0.3) is 0 Å². The number of hydrogen-bond acceptors (Lipinski definition) is 4. The van der Waals surface area contributed by atoms with Crippen molar-refractivity contribution >= 4 is 17.5 Å². The van der Waals surface area contributed by atoms with Gasteiger partial charge < -0.3 is 10.1 Å². The average molecular weight is 230 g/mol. The van der Waals surface area contributed by atoms with Gasteiger partial charge in [0, 0.05) is 24.4 Å². The third-order valence-corrected chi connectivity index (χ3v) is 2.24. The molecule has 84 valence electrons. The molecule has 0 bridgehead atoms. The maximum absolute atomic E-state index is 5.78. The molecule has 1 rings (SSSR count). The number of aryl methyl sites for hydroxylation is 2. The zero-order valence-corrected chi connectivity index (χ0v) is 10.0. The number of nitrogens with one attached hydrogen (secondary N) is 1. The first-order valence-corrected chi connectivity index (χ1v) is 5.33. The fourth-order valence-corrected chi connectivity index (χ4v) is 1.47. The fraction of sp³-hybridized carbons (Fsp3) is 0.600. The molecule has 0 saturated carbocycles. The number of halogens is 1. The van der Waals surface area contributed by atoms with Crippen molar-refractivity contribution in [3.05, 3.63) is 17.5 Å². The molecule has 0 amide bonds. The molecule has 0 fully saturated rings. The lowest BCUT2D eigenvalue weighted by Crippen LogP contribution is -2.27. The number of aromatic nitrogens is 2. The third-order valence-electron chi connectivity index (χ3n) is 1.87. The number of alkyl halides is 1. The summed E-state index contributed by atoms with van der Waals surface area (Å²) in [7, 11) is 1.64. The van der Waals surface area contributed by atoms with Crippen LogP contribution in [0, 0.1) is 13.8 Å². The van der Waals surface area contributed by atoms with Crippen LogP contribution in [-0.2, 0) is 4.74 Å². The lowest BCUT2D eigenvalue weighted by Gasteiger charge is -2.15. The van der Waals surface area contributed by atoms with E-state index in [0.717, 1.165) is 11.4 Å². The zero-order valence-electron chi connectivity index (χ0n) is 9.25. The van der Waals surface area contributed by atoms with Crippen LogP contribution in [0.15, 0.2) is 6.07 Å². The summed E-state index contributed by atoms with van der Waals surface area (Å²) >= 11 is 5.78. The summed E-state index contributed by atoms with van der Waals surface area (Å²) < 4.78 is 5.03. The first-order valence-electron chi connectivity index (χ1n) is 4.79. The Morgan fingerprint density at radius 1 is 1.40 bits per heavy atom. The van der Waals surface area contributed by atoms with Crippen LogP contribution in [0.2, 0.25) is 0 Å². The van der Waals surface area contributed by atoms with E-state index >= 15 is 0 Å². The molecule has 1 atom stereocenters. The topological polar surface area (TPSA) is 47.0 Å². The van der Waals surface area contributed by atoms with Crippen LogP contribution in [0.1, 0.15) is 11.4 Å². The Hall–Kier alpha value is -0.870. The monoisotopic (exact) mass is 229 g/mol. The lowest BCUT2D eigenvalue weighted by atomic mass is 10.3. The minimum atomic E-state index is 0.0397. The predicted molar refractivity (Wildman–Crippen MR) is 61.5 cm³/mol. The molecular formula is C10H16ClN3O. The van der Waals surface area contributed by atoms with Crippen LogP contribution < -0.4 is 5.32 Å². The molecule has 0 aliphatic heterocycles. The van der Waals surface area contributed by atoms with Crippen molar-refractivity contribution in [1.29, 1.82) is 0 Å². The molecule has 0 saturated heterocycles. The highest BCUT2D eigenvalue weighted by Crippen LogP contribution is 2.06. The SMILES string of the molecule is COCC(CCl)Nc1nc(C)cc(C)n1. The van der Waals surface area contributed by atoms with E-state index in [1.807, 2.05) is 19.9 Å². The first kappa shape index (κ1) is 12.2. The summed E-state index contributed by atoms with van der Waals surface area (Å²) in [6, 6.07) is 1.97. The predicted octanol–water partition coefficient (Wildman–Crippen LogP) is 1.76. The highest BCUT2D eigenvalue weighted by molar-refractivity contribution is 6.18. The number of anilines is 1. The molecule has 0 aromatic carbocycles. The molecule has 0 spiro atoms. The maximum atomic E-state index is 5.78. The molecule has 1 aromatic heterocycles. The van der Waals surface area contributed by atoms with Crippen molar-refractivity contribution in [2.75, 3.05) is 24.9 Å². The van der Waals surface area contributed by atoms with E-state index in [9.17, 15) is 0 Å². The van der Waals surface area contributed by atoms with Crippen molar-refractivity contribution in [2.45, 2.75) is 19.9 Å². The second-order valence-corrected chi connectivity index (χ2v) is 3.73. The van der Waals surface area contributed by atoms with E-state index in [4.69, 9.17) is 16.3 Å². The first-order chi connectivity index (χ1) is 7.15. The Morgan fingerprint density at radius 2 is 2.00 bits per heavy atom. The molecule has 1 unspecified atom stereocenters. The minimum Gasteiger partial charge on any atom is -0.383 e. The van der Waals surface area contributed by atoms with Gasteiger partial charge in [-0.05, 0) is 19.9 Å². The smallest absolute Gasteiger partial charge is 0.223 e. The summed E-state index contributed by atoms with van der Waals surface area (Å²) in [6.45, 7) is 4.41. The van der Waals surface area contributed by atoms with Crippen LogP contribution in [0.3, 0.4) is 0 Å². The molecule has 5 heteroatoms. The molecule has 0 radical (unpaired) electrons. The minimum absolute atomic E-state index is 0.0397. The average Bonchev–Trinajstić information content (AvgIpc) is 2.15. The number of nitrogens with zero attached hydrogens (tertiary/aromatic N) is 2. The van der Waals surface area contributed by atoms with Crippen molar-refractivity contribution in [1.82, 2.24) is 9.97 Å². The molecular weight excluding hydrogens is 214 g/mol. The Bertz CT molecular complexity index is 299. The zero-order chi connectivity index (χ0) is 11.3. The summed E-state index contributed by atoms with van der Waals surface area (Å²) in [5.74, 6) is 1.07. The quantitative estimate of drug-likeness (QED) is 0.782. The van der Waals surface area contributed by atoms with E-state index in [1.165, 1.54) is 0 Å². The van der Waals surface area contributed by atoms with Gasteiger partial charge >= 0.3 is 0 Å². The third kappa shape index (κ3) is 4.01. The van der Waals surface area contributed by atoms with Gasteiger partial charge in [-0.3, -0.25) is 0 Å². The second-order valence-electron chi connectivity index (χ2n) is 3.43. The van der Waals surface area contributed by atoms with Gasteiger partial charge in [0.25, 0.3) is 0 Å². The summed E-state index contributed by atoms with van der Waals surface area (Å²) in [5, 5.41) is 3.13. The Labute approximate surface area is 95.0 Å². The normalized spacial score (nSPS) is 12.5. The molecule has 15 heavy (non-hydrogen) atoms. The summed E-state index contributed by atoms with van der Waals surface area (Å²) in [4.78, 5) is 8.54. The van der Waals surface area contributed by atoms with E-state index < -0.39 is 0 Å². The van der Waals surface area contributed by atoms with Crippen molar-refractivity contribution in [2.24, 2.45) is 0 Å². The molecule has 0 aliphatic carbocycles. The van der Waals surface area contributed by atoms with Crippen LogP contribution in [0.4, 0.5) is 5.95 Å². The van der Waals surface area contributed by atoms with Crippen molar-refractivity contribution < 1.29 is 4.74 Å². The van der Waals surface area contributed by atoms with Gasteiger partial charge in [0.05, 0.1) is 12.6 Å². The van der Waals surface area contributed by atoms with Crippen LogP contribution in [0.5, 0.6) is 0 Å². The van der Waals surface area contributed by atoms with Gasteiger partial charge in [-0.1, -0.05) is 0 Å². The molecule has 1 heterocycles. The van der Waals surface area contributed by atoms with Crippen molar-refractivity contribution in [3.8, 4) is 0 Å². The number of methoxy groups -OCH3 is 1. The molecule has 0 aliphatic rings. The molecule has 1 aromatic rings. The van der Waals surface area contributed by atoms with Crippen molar-refractivity contribution in [3.63, 3.8) is 0 Å². The maximum Gasteiger partial charge on any atom is 0.223 e. The van der Waals surface area contributed by atoms with E-state index in [0.29, 0.717) is 18.4 Å². The fourth-order valence-electron chi connectivity index (χ4n) is 1.30. The van der Waals surface area contributed by atoms with Gasteiger partial charge in [-0.25, -0.2) is 9.97 Å². The molecule has 1 N–H and O–H groups in total. The van der Waals surface area contributed by atoms with Gasteiger partial charge in [-0.2, -0.15) is 0 Å². The molecule has 4 nitrogen and oxygen atoms in total. The van der Waals surface area contributed by atoms with E-state index in [-0.39, 0.29) is 6.04 Å². The summed E-state index contributed by atoms with van der Waals surface area (Å²) in [5.41, 5.74) is 1.88. The largest absolute Gasteiger partial charge is 0.383 e. The van der Waals surface area contributed by atoms with Gasteiger partial charge in [-0.15, -0.1) is 11.6 Å². The van der Waals surface area contributed by atoms with Crippen LogP contribution >= 0.6 is 11.6 Å². The highest BCUT2D eigenvalue weighted by Gasteiger charge is 2.08. The van der Waals surface area contributed by atoms with Gasteiger partial charge in [0.15, 0.2) is 0 Å². The van der Waals surface area contributed by atoms with Crippen LogP contribution in [-0.4, -0.2) is 35.6 Å². The van der Waals surface area contributed by atoms with Gasteiger partial charge in [0.2, 0.25) is 5.95 Å². The van der Waals surface area contributed by atoms with Gasteiger partial charge in [0.1, 0.15) is 0 Å².